The molecule has 6 heteroatoms. The second kappa shape index (κ2) is 4.93. The molecule has 0 spiro atoms. The number of aliphatic carboxylic acids is 1. The molecule has 0 radical (unpaired) electrons. The van der Waals surface area contributed by atoms with Gasteiger partial charge in [-0.15, -0.1) is 0 Å². The number of carboxylic acid groups (broad SMARTS) is 1. The van der Waals surface area contributed by atoms with Crippen LogP contribution < -0.4 is 5.32 Å². The highest BCUT2D eigenvalue weighted by Crippen LogP contribution is 2.13. The van der Waals surface area contributed by atoms with Gasteiger partial charge in [-0.2, -0.15) is 0 Å². The normalized spacial score (nSPS) is 12.5. The quantitative estimate of drug-likeness (QED) is 0.768. The molecule has 0 saturated carbocycles. The van der Waals surface area contributed by atoms with Crippen molar-refractivity contribution >= 4 is 23.4 Å². The highest BCUT2D eigenvalue weighted by Gasteiger charge is 2.21. The lowest BCUT2D eigenvalue weighted by Gasteiger charge is -2.18. The van der Waals surface area contributed by atoms with Crippen LogP contribution in [0.15, 0.2) is 12.4 Å². The van der Waals surface area contributed by atoms with Crippen molar-refractivity contribution in [2.45, 2.75) is 19.9 Å². The molecule has 1 unspecified atom stereocenters. The smallest absolute Gasteiger partial charge is 0.326 e. The van der Waals surface area contributed by atoms with Gasteiger partial charge >= 0.3 is 5.97 Å². The van der Waals surface area contributed by atoms with Crippen LogP contribution >= 0.6 is 11.6 Å². The van der Waals surface area contributed by atoms with E-state index in [0.29, 0.717) is 5.82 Å². The number of carboxylic acids is 1. The zero-order valence-corrected chi connectivity index (χ0v) is 9.19. The van der Waals surface area contributed by atoms with Gasteiger partial charge in [-0.1, -0.05) is 25.4 Å². The van der Waals surface area contributed by atoms with E-state index < -0.39 is 12.0 Å². The van der Waals surface area contributed by atoms with Crippen molar-refractivity contribution in [3.05, 3.63) is 17.5 Å². The summed E-state index contributed by atoms with van der Waals surface area (Å²) in [5, 5.41) is 12.0. The summed E-state index contributed by atoms with van der Waals surface area (Å²) in [6, 6.07) is 0.802. The molecule has 0 saturated heterocycles. The lowest BCUT2D eigenvalue weighted by molar-refractivity contribution is -0.138. The number of halogens is 1. The van der Waals surface area contributed by atoms with E-state index in [9.17, 15) is 4.79 Å². The fourth-order valence-corrected chi connectivity index (χ4v) is 1.23. The maximum absolute atomic E-state index is 10.9. The third-order valence-electron chi connectivity index (χ3n) is 1.87. The molecule has 0 amide bonds. The Bertz CT molecular complexity index is 357. The average molecular weight is 230 g/mol. The molecule has 15 heavy (non-hydrogen) atoms. The molecular weight excluding hydrogens is 218 g/mol. The van der Waals surface area contributed by atoms with E-state index in [0.717, 1.165) is 0 Å². The van der Waals surface area contributed by atoms with Gasteiger partial charge in [-0.05, 0) is 5.92 Å². The predicted molar refractivity (Wildman–Crippen MR) is 56.9 cm³/mol. The number of hydrogen-bond donors (Lipinski definition) is 2. The van der Waals surface area contributed by atoms with Gasteiger partial charge in [-0.3, -0.25) is 0 Å². The van der Waals surface area contributed by atoms with E-state index in [1.54, 1.807) is 0 Å². The summed E-state index contributed by atoms with van der Waals surface area (Å²) in [5.74, 6) is -0.549. The van der Waals surface area contributed by atoms with Crippen LogP contribution in [0.25, 0.3) is 0 Å². The Hall–Kier alpha value is -1.36. The Morgan fingerprint density at radius 2 is 2.20 bits per heavy atom. The molecule has 82 valence electrons. The van der Waals surface area contributed by atoms with Gasteiger partial charge in [-0.25, -0.2) is 14.8 Å². The van der Waals surface area contributed by atoms with E-state index in [1.807, 2.05) is 13.8 Å². The second-order valence-corrected chi connectivity index (χ2v) is 3.82. The van der Waals surface area contributed by atoms with Crippen LogP contribution in [0, 0.1) is 5.92 Å². The lowest BCUT2D eigenvalue weighted by Crippen LogP contribution is -2.34. The van der Waals surface area contributed by atoms with Crippen molar-refractivity contribution in [3.63, 3.8) is 0 Å². The molecule has 0 fully saturated rings. The Morgan fingerprint density at radius 3 is 2.67 bits per heavy atom. The standard InChI is InChI=1S/C9H12ClN3O2/c1-5(2)8(9(14)15)13-7-3-6(10)11-4-12-7/h3-5,8H,1-2H3,(H,14,15)(H,11,12,13). The summed E-state index contributed by atoms with van der Waals surface area (Å²) in [6.45, 7) is 3.63. The van der Waals surface area contributed by atoms with Crippen molar-refractivity contribution < 1.29 is 9.90 Å². The first-order chi connectivity index (χ1) is 7.00. The Labute approximate surface area is 92.5 Å². The summed E-state index contributed by atoms with van der Waals surface area (Å²) in [6.07, 6.45) is 1.28. The zero-order valence-electron chi connectivity index (χ0n) is 8.44. The van der Waals surface area contributed by atoms with Gasteiger partial charge in [0, 0.05) is 6.07 Å². The van der Waals surface area contributed by atoms with Crippen molar-refractivity contribution in [2.75, 3.05) is 5.32 Å². The number of anilines is 1. The highest BCUT2D eigenvalue weighted by atomic mass is 35.5. The molecule has 0 bridgehead atoms. The maximum atomic E-state index is 10.9. The molecule has 0 aliphatic carbocycles. The van der Waals surface area contributed by atoms with Crippen molar-refractivity contribution in [1.82, 2.24) is 9.97 Å². The van der Waals surface area contributed by atoms with Crippen LogP contribution in [-0.4, -0.2) is 27.1 Å². The first-order valence-electron chi connectivity index (χ1n) is 4.47. The molecule has 1 rings (SSSR count). The van der Waals surface area contributed by atoms with Gasteiger partial charge in [0.1, 0.15) is 23.3 Å². The third-order valence-corrected chi connectivity index (χ3v) is 2.08. The molecule has 1 aromatic rings. The number of rotatable bonds is 4. The van der Waals surface area contributed by atoms with Gasteiger partial charge in [0.05, 0.1) is 0 Å². The number of aromatic nitrogens is 2. The molecular formula is C9H12ClN3O2. The van der Waals surface area contributed by atoms with Crippen molar-refractivity contribution in [3.8, 4) is 0 Å². The first kappa shape index (κ1) is 11.7. The van der Waals surface area contributed by atoms with Crippen molar-refractivity contribution in [1.29, 1.82) is 0 Å². The Kier molecular flexibility index (Phi) is 3.85. The first-order valence-corrected chi connectivity index (χ1v) is 4.85. The van der Waals surface area contributed by atoms with Gasteiger partial charge < -0.3 is 10.4 Å². The van der Waals surface area contributed by atoms with Crippen LogP contribution in [0.4, 0.5) is 5.82 Å². The topological polar surface area (TPSA) is 75.1 Å². The number of nitrogens with one attached hydrogen (secondary N) is 1. The third kappa shape index (κ3) is 3.36. The van der Waals surface area contributed by atoms with Crippen LogP contribution in [0.5, 0.6) is 0 Å². The SMILES string of the molecule is CC(C)C(Nc1cc(Cl)ncn1)C(=O)O. The average Bonchev–Trinajstić information content (AvgIpc) is 2.13. The minimum atomic E-state index is -0.917. The number of nitrogens with zero attached hydrogens (tertiary/aromatic N) is 2. The summed E-state index contributed by atoms with van der Waals surface area (Å²) >= 11 is 5.65. The summed E-state index contributed by atoms with van der Waals surface area (Å²) in [5.41, 5.74) is 0. The van der Waals surface area contributed by atoms with Gasteiger partial charge in [0.2, 0.25) is 0 Å². The van der Waals surface area contributed by atoms with Crippen molar-refractivity contribution in [2.24, 2.45) is 5.92 Å². The second-order valence-electron chi connectivity index (χ2n) is 3.43. The Morgan fingerprint density at radius 1 is 1.53 bits per heavy atom. The summed E-state index contributed by atoms with van der Waals surface area (Å²) in [4.78, 5) is 18.5. The van der Waals surface area contributed by atoms with Crippen LogP contribution in [0.3, 0.4) is 0 Å². The maximum Gasteiger partial charge on any atom is 0.326 e. The van der Waals surface area contributed by atoms with Crippen LogP contribution in [-0.2, 0) is 4.79 Å². The number of hydrogen-bond acceptors (Lipinski definition) is 4. The van der Waals surface area contributed by atoms with E-state index >= 15 is 0 Å². The molecule has 5 nitrogen and oxygen atoms in total. The zero-order chi connectivity index (χ0) is 11.4. The highest BCUT2D eigenvalue weighted by molar-refractivity contribution is 6.29. The molecule has 1 heterocycles. The minimum Gasteiger partial charge on any atom is -0.480 e. The summed E-state index contributed by atoms with van der Waals surface area (Å²) in [7, 11) is 0. The fourth-order valence-electron chi connectivity index (χ4n) is 1.09. The van der Waals surface area contributed by atoms with Gasteiger partial charge in [0.25, 0.3) is 0 Å². The summed E-state index contributed by atoms with van der Waals surface area (Å²) < 4.78 is 0. The van der Waals surface area contributed by atoms with Gasteiger partial charge in [0.15, 0.2) is 0 Å². The molecule has 1 aromatic heterocycles. The Balaban J connectivity index is 2.79. The van der Waals surface area contributed by atoms with E-state index in [-0.39, 0.29) is 11.1 Å². The molecule has 1 atom stereocenters. The van der Waals surface area contributed by atoms with E-state index in [4.69, 9.17) is 16.7 Å². The minimum absolute atomic E-state index is 0.0451. The van der Waals surface area contributed by atoms with E-state index in [1.165, 1.54) is 12.4 Å². The predicted octanol–water partition coefficient (Wildman–Crippen LogP) is 1.65. The largest absolute Gasteiger partial charge is 0.480 e. The van der Waals surface area contributed by atoms with Crippen LogP contribution in [0.1, 0.15) is 13.8 Å². The molecule has 0 aromatic carbocycles. The molecule has 0 aliphatic rings. The molecule has 2 N–H and O–H groups in total. The lowest BCUT2D eigenvalue weighted by atomic mass is 10.1. The van der Waals surface area contributed by atoms with Crippen LogP contribution in [0.2, 0.25) is 5.15 Å². The number of carbonyl (C=O) groups is 1. The fraction of sp³-hybridized carbons (Fsp3) is 0.444. The molecule has 0 aliphatic heterocycles. The monoisotopic (exact) mass is 229 g/mol. The van der Waals surface area contributed by atoms with E-state index in [2.05, 4.69) is 15.3 Å².